The summed E-state index contributed by atoms with van der Waals surface area (Å²) >= 11 is 5.83. The maximum Gasteiger partial charge on any atom is 0.269 e. The predicted molar refractivity (Wildman–Crippen MR) is 108 cm³/mol. The molecule has 0 aliphatic rings. The summed E-state index contributed by atoms with van der Waals surface area (Å²) in [5, 5.41) is 3.75. The zero-order chi connectivity index (χ0) is 19.4. The van der Waals surface area contributed by atoms with Crippen molar-refractivity contribution < 1.29 is 4.79 Å². The summed E-state index contributed by atoms with van der Waals surface area (Å²) in [4.78, 5) is 20.4. The Morgan fingerprint density at radius 3 is 2.44 bits per heavy atom. The van der Waals surface area contributed by atoms with Gasteiger partial charge in [-0.1, -0.05) is 29.3 Å². The van der Waals surface area contributed by atoms with Gasteiger partial charge in [-0.05, 0) is 49.7 Å². The highest BCUT2D eigenvalue weighted by Gasteiger charge is 2.11. The highest BCUT2D eigenvalue weighted by Crippen LogP contribution is 2.27. The average Bonchev–Trinajstić information content (AvgIpc) is 2.65. The Morgan fingerprint density at radius 1 is 1.04 bits per heavy atom. The highest BCUT2D eigenvalue weighted by atomic mass is 35.5. The molecule has 2 aromatic carbocycles. The number of hydrogen-bond acceptors (Lipinski definition) is 6. The summed E-state index contributed by atoms with van der Waals surface area (Å²) in [7, 11) is 0. The minimum atomic E-state index is -0.339. The number of carbonyl (C=O) groups is 1. The number of carbonyl (C=O) groups excluding carboxylic acids is 1. The lowest BCUT2D eigenvalue weighted by Gasteiger charge is -2.14. The first-order chi connectivity index (χ1) is 12.9. The monoisotopic (exact) mass is 382 g/mol. The van der Waals surface area contributed by atoms with E-state index in [1.54, 1.807) is 24.3 Å². The van der Waals surface area contributed by atoms with Gasteiger partial charge in [0.2, 0.25) is 0 Å². The van der Waals surface area contributed by atoms with Gasteiger partial charge in [0.05, 0.1) is 0 Å². The van der Waals surface area contributed by atoms with Gasteiger partial charge in [-0.15, -0.1) is 0 Å². The standard InChI is InChI=1S/C19H19ClN6O/c1-11-3-8-15(12(2)9-11)24-17-16(21)18(23-10-22-17)25-26-19(27)13-4-6-14(20)7-5-13/h3-10H,21H2,1-2H3,(H,26,27)(H2,22,23,24,25). The van der Waals surface area contributed by atoms with Gasteiger partial charge in [-0.25, -0.2) is 9.97 Å². The molecule has 0 atom stereocenters. The summed E-state index contributed by atoms with van der Waals surface area (Å²) in [6.45, 7) is 4.03. The number of aromatic nitrogens is 2. The van der Waals surface area contributed by atoms with Gasteiger partial charge in [-0.2, -0.15) is 0 Å². The maximum absolute atomic E-state index is 12.2. The number of hydrogen-bond donors (Lipinski definition) is 4. The number of nitrogens with two attached hydrogens (primary N) is 1. The number of anilines is 4. The lowest BCUT2D eigenvalue weighted by Crippen LogP contribution is -2.30. The van der Waals surface area contributed by atoms with Crippen molar-refractivity contribution in [1.82, 2.24) is 15.4 Å². The molecule has 3 aromatic rings. The van der Waals surface area contributed by atoms with Crippen LogP contribution in [0.25, 0.3) is 0 Å². The summed E-state index contributed by atoms with van der Waals surface area (Å²) in [6.07, 6.45) is 1.36. The molecule has 8 heteroatoms. The third-order valence-corrected chi connectivity index (χ3v) is 4.17. The first-order valence-electron chi connectivity index (χ1n) is 8.20. The second-order valence-electron chi connectivity index (χ2n) is 6.01. The molecule has 0 aliphatic carbocycles. The summed E-state index contributed by atoms with van der Waals surface area (Å²) in [5.74, 6) is 0.397. The van der Waals surface area contributed by atoms with Gasteiger partial charge < -0.3 is 11.1 Å². The molecule has 0 radical (unpaired) electrons. The Kier molecular flexibility index (Phi) is 5.42. The van der Waals surface area contributed by atoms with Crippen molar-refractivity contribution in [3.63, 3.8) is 0 Å². The molecule has 138 valence electrons. The zero-order valence-corrected chi connectivity index (χ0v) is 15.6. The number of halogens is 1. The maximum atomic E-state index is 12.2. The molecule has 1 aromatic heterocycles. The molecule has 0 saturated carbocycles. The number of rotatable bonds is 5. The second-order valence-corrected chi connectivity index (χ2v) is 6.45. The lowest BCUT2D eigenvalue weighted by atomic mass is 10.1. The van der Waals surface area contributed by atoms with E-state index in [0.29, 0.717) is 22.2 Å². The molecule has 27 heavy (non-hydrogen) atoms. The molecule has 0 aliphatic heterocycles. The smallest absolute Gasteiger partial charge is 0.269 e. The van der Waals surface area contributed by atoms with Crippen LogP contribution in [0.15, 0.2) is 48.8 Å². The molecular formula is C19H19ClN6O. The van der Waals surface area contributed by atoms with Crippen molar-refractivity contribution >= 4 is 40.5 Å². The number of nitrogens with zero attached hydrogens (tertiary/aromatic N) is 2. The van der Waals surface area contributed by atoms with E-state index in [1.165, 1.54) is 11.9 Å². The Labute approximate surface area is 162 Å². The fraction of sp³-hybridized carbons (Fsp3) is 0.105. The average molecular weight is 383 g/mol. The van der Waals surface area contributed by atoms with Gasteiger partial charge in [0.25, 0.3) is 5.91 Å². The van der Waals surface area contributed by atoms with Crippen molar-refractivity contribution in [2.75, 3.05) is 16.5 Å². The van der Waals surface area contributed by atoms with E-state index in [9.17, 15) is 4.79 Å². The van der Waals surface area contributed by atoms with E-state index in [0.717, 1.165) is 11.3 Å². The topological polar surface area (TPSA) is 105 Å². The van der Waals surface area contributed by atoms with Crippen LogP contribution in [0.3, 0.4) is 0 Å². The zero-order valence-electron chi connectivity index (χ0n) is 14.9. The van der Waals surface area contributed by atoms with E-state index in [4.69, 9.17) is 17.3 Å². The quantitative estimate of drug-likeness (QED) is 0.500. The predicted octanol–water partition coefficient (Wildman–Crippen LogP) is 3.83. The summed E-state index contributed by atoms with van der Waals surface area (Å²) in [5.41, 5.74) is 15.3. The van der Waals surface area contributed by atoms with Gasteiger partial charge in [-0.3, -0.25) is 15.6 Å². The van der Waals surface area contributed by atoms with E-state index >= 15 is 0 Å². The highest BCUT2D eigenvalue weighted by molar-refractivity contribution is 6.30. The number of nitrogens with one attached hydrogen (secondary N) is 3. The normalized spacial score (nSPS) is 10.3. The molecule has 3 rings (SSSR count). The lowest BCUT2D eigenvalue weighted by molar-refractivity contribution is 0.0962. The molecule has 0 fully saturated rings. The molecule has 0 bridgehead atoms. The minimum Gasteiger partial charge on any atom is -0.393 e. The van der Waals surface area contributed by atoms with Crippen molar-refractivity contribution in [2.24, 2.45) is 0 Å². The van der Waals surface area contributed by atoms with Crippen LogP contribution in [-0.2, 0) is 0 Å². The molecule has 1 heterocycles. The second kappa shape index (κ2) is 7.92. The summed E-state index contributed by atoms with van der Waals surface area (Å²) in [6, 6.07) is 12.5. The number of benzene rings is 2. The Hall–Kier alpha value is -3.32. The molecule has 0 unspecified atom stereocenters. The van der Waals surface area contributed by atoms with Crippen LogP contribution in [0, 0.1) is 13.8 Å². The van der Waals surface area contributed by atoms with E-state index in [2.05, 4.69) is 32.2 Å². The first kappa shape index (κ1) is 18.5. The van der Waals surface area contributed by atoms with Crippen LogP contribution in [0.5, 0.6) is 0 Å². The minimum absolute atomic E-state index is 0.286. The van der Waals surface area contributed by atoms with Crippen LogP contribution in [0.2, 0.25) is 5.02 Å². The van der Waals surface area contributed by atoms with Crippen LogP contribution >= 0.6 is 11.6 Å². The summed E-state index contributed by atoms with van der Waals surface area (Å²) < 4.78 is 0. The molecule has 7 nitrogen and oxygen atoms in total. The van der Waals surface area contributed by atoms with Gasteiger partial charge in [0, 0.05) is 16.3 Å². The van der Waals surface area contributed by atoms with Gasteiger partial charge in [0.15, 0.2) is 11.6 Å². The third kappa shape index (κ3) is 4.45. The van der Waals surface area contributed by atoms with Crippen LogP contribution in [-0.4, -0.2) is 15.9 Å². The van der Waals surface area contributed by atoms with Crippen LogP contribution in [0.1, 0.15) is 21.5 Å². The fourth-order valence-electron chi connectivity index (χ4n) is 2.47. The SMILES string of the molecule is Cc1ccc(Nc2ncnc(NNC(=O)c3ccc(Cl)cc3)c2N)c(C)c1. The molecule has 0 spiro atoms. The Balaban J connectivity index is 1.72. The van der Waals surface area contributed by atoms with Crippen molar-refractivity contribution in [3.05, 3.63) is 70.5 Å². The van der Waals surface area contributed by atoms with E-state index in [-0.39, 0.29) is 11.6 Å². The molecule has 5 N–H and O–H groups in total. The van der Waals surface area contributed by atoms with Crippen molar-refractivity contribution in [1.29, 1.82) is 0 Å². The first-order valence-corrected chi connectivity index (χ1v) is 8.58. The van der Waals surface area contributed by atoms with Gasteiger partial charge >= 0.3 is 0 Å². The largest absolute Gasteiger partial charge is 0.393 e. The molecule has 1 amide bonds. The molecular weight excluding hydrogens is 364 g/mol. The van der Waals surface area contributed by atoms with Crippen LogP contribution < -0.4 is 21.9 Å². The number of amides is 1. The van der Waals surface area contributed by atoms with E-state index < -0.39 is 0 Å². The molecule has 0 saturated heterocycles. The number of aryl methyl sites for hydroxylation is 2. The fourth-order valence-corrected chi connectivity index (χ4v) is 2.59. The van der Waals surface area contributed by atoms with Crippen molar-refractivity contribution in [2.45, 2.75) is 13.8 Å². The van der Waals surface area contributed by atoms with E-state index in [1.807, 2.05) is 26.0 Å². The Morgan fingerprint density at radius 2 is 1.74 bits per heavy atom. The van der Waals surface area contributed by atoms with Crippen molar-refractivity contribution in [3.8, 4) is 0 Å². The van der Waals surface area contributed by atoms with Gasteiger partial charge in [0.1, 0.15) is 12.0 Å². The number of nitrogen functional groups attached to an aromatic ring is 1. The van der Waals surface area contributed by atoms with Crippen LogP contribution in [0.4, 0.5) is 23.0 Å². The Bertz CT molecular complexity index is 974. The third-order valence-electron chi connectivity index (χ3n) is 3.92. The number of hydrazine groups is 1.